The molecule has 1 aliphatic carbocycles. The van der Waals surface area contributed by atoms with Gasteiger partial charge in [0.15, 0.2) is 0 Å². The van der Waals surface area contributed by atoms with Crippen LogP contribution >= 0.6 is 0 Å². The van der Waals surface area contributed by atoms with Crippen LogP contribution in [-0.2, 0) is 4.79 Å². The minimum absolute atomic E-state index is 0.0776. The first-order valence-corrected chi connectivity index (χ1v) is 6.52. The Balaban J connectivity index is 1.57. The summed E-state index contributed by atoms with van der Waals surface area (Å²) in [5.74, 6) is 0.466. The number of hydrogen-bond acceptors (Lipinski definition) is 3. The fraction of sp³-hybridized carbons (Fsp3) is 0.500. The second kappa shape index (κ2) is 4.61. The van der Waals surface area contributed by atoms with Gasteiger partial charge in [-0.1, -0.05) is 18.2 Å². The van der Waals surface area contributed by atoms with Crippen molar-refractivity contribution in [3.8, 4) is 0 Å². The van der Waals surface area contributed by atoms with Crippen LogP contribution in [-0.4, -0.2) is 30.2 Å². The summed E-state index contributed by atoms with van der Waals surface area (Å²) in [6, 6.07) is 7.95. The number of fused-ring (bicyclic) bond motifs is 1. The highest BCUT2D eigenvalue weighted by Gasteiger charge is 2.31. The molecule has 0 saturated heterocycles. The summed E-state index contributed by atoms with van der Waals surface area (Å²) < 4.78 is 0. The predicted octanol–water partition coefficient (Wildman–Crippen LogP) is 1.08. The van der Waals surface area contributed by atoms with Gasteiger partial charge in [-0.15, -0.1) is 0 Å². The molecule has 3 N–H and O–H groups in total. The third-order valence-electron chi connectivity index (χ3n) is 3.93. The Kier molecular flexibility index (Phi) is 2.96. The van der Waals surface area contributed by atoms with E-state index >= 15 is 0 Å². The summed E-state index contributed by atoms with van der Waals surface area (Å²) in [5.41, 5.74) is 2.15. The molecule has 4 nitrogen and oxygen atoms in total. The molecule has 1 unspecified atom stereocenters. The van der Waals surface area contributed by atoms with Crippen molar-refractivity contribution < 1.29 is 9.90 Å². The summed E-state index contributed by atoms with van der Waals surface area (Å²) in [6.45, 7) is 1.37. The molecule has 1 amide bonds. The summed E-state index contributed by atoms with van der Waals surface area (Å²) in [4.78, 5) is 12.1. The van der Waals surface area contributed by atoms with Crippen LogP contribution in [0.15, 0.2) is 24.3 Å². The van der Waals surface area contributed by atoms with Crippen LogP contribution in [0.1, 0.15) is 24.3 Å². The molecule has 1 fully saturated rings. The Bertz CT molecular complexity index is 455. The van der Waals surface area contributed by atoms with E-state index in [9.17, 15) is 9.90 Å². The van der Waals surface area contributed by atoms with E-state index in [2.05, 4.69) is 10.6 Å². The molecular weight excluding hydrogens is 228 g/mol. The molecule has 96 valence electrons. The Hall–Kier alpha value is -1.55. The van der Waals surface area contributed by atoms with Crippen LogP contribution in [0.25, 0.3) is 0 Å². The zero-order valence-electron chi connectivity index (χ0n) is 10.2. The summed E-state index contributed by atoms with van der Waals surface area (Å²) >= 11 is 0. The third-order valence-corrected chi connectivity index (χ3v) is 3.93. The van der Waals surface area contributed by atoms with Crippen LogP contribution < -0.4 is 10.6 Å². The number of nitrogens with one attached hydrogen (secondary N) is 2. The minimum Gasteiger partial charge on any atom is -0.393 e. The maximum absolute atomic E-state index is 12.1. The molecule has 1 aromatic carbocycles. The van der Waals surface area contributed by atoms with Crippen molar-refractivity contribution in [2.75, 3.05) is 18.4 Å². The lowest BCUT2D eigenvalue weighted by Crippen LogP contribution is -2.40. The van der Waals surface area contributed by atoms with E-state index in [1.165, 1.54) is 0 Å². The lowest BCUT2D eigenvalue weighted by Gasteiger charge is -2.31. The standard InChI is InChI=1S/C14H18N2O2/c17-10-5-9(6-10)7-16-14(18)12-8-15-13-4-2-1-3-11(12)13/h1-4,9-10,12,15,17H,5-8H2,(H,16,18). The third kappa shape index (κ3) is 2.08. The van der Waals surface area contributed by atoms with E-state index in [4.69, 9.17) is 0 Å². The van der Waals surface area contributed by atoms with Crippen molar-refractivity contribution in [2.45, 2.75) is 24.9 Å². The fourth-order valence-electron chi connectivity index (χ4n) is 2.75. The molecule has 0 spiro atoms. The highest BCUT2D eigenvalue weighted by Crippen LogP contribution is 2.31. The number of para-hydroxylation sites is 1. The van der Waals surface area contributed by atoms with Crippen LogP contribution in [0.5, 0.6) is 0 Å². The van der Waals surface area contributed by atoms with Gasteiger partial charge in [0, 0.05) is 18.8 Å². The van der Waals surface area contributed by atoms with Gasteiger partial charge in [0.05, 0.1) is 12.0 Å². The lowest BCUT2D eigenvalue weighted by molar-refractivity contribution is -0.122. The topological polar surface area (TPSA) is 61.4 Å². The molecule has 3 rings (SSSR count). The van der Waals surface area contributed by atoms with Gasteiger partial charge < -0.3 is 15.7 Å². The molecule has 0 radical (unpaired) electrons. The molecule has 1 aliphatic heterocycles. The van der Waals surface area contributed by atoms with Gasteiger partial charge in [0.2, 0.25) is 5.91 Å². The maximum Gasteiger partial charge on any atom is 0.229 e. The molecule has 4 heteroatoms. The average Bonchev–Trinajstić information content (AvgIpc) is 2.76. The summed E-state index contributed by atoms with van der Waals surface area (Å²) in [6.07, 6.45) is 1.49. The van der Waals surface area contributed by atoms with E-state index in [-0.39, 0.29) is 17.9 Å². The second-order valence-corrected chi connectivity index (χ2v) is 5.26. The van der Waals surface area contributed by atoms with Crippen LogP contribution in [0, 0.1) is 5.92 Å². The molecule has 1 saturated carbocycles. The van der Waals surface area contributed by atoms with Gasteiger partial charge in [0.25, 0.3) is 0 Å². The lowest BCUT2D eigenvalue weighted by atomic mass is 9.82. The first kappa shape index (κ1) is 11.5. The zero-order valence-corrected chi connectivity index (χ0v) is 10.2. The predicted molar refractivity (Wildman–Crippen MR) is 69.4 cm³/mol. The number of hydrogen-bond donors (Lipinski definition) is 3. The zero-order chi connectivity index (χ0) is 12.5. The van der Waals surface area contributed by atoms with Gasteiger partial charge >= 0.3 is 0 Å². The summed E-state index contributed by atoms with van der Waals surface area (Å²) in [7, 11) is 0. The Morgan fingerprint density at radius 2 is 2.17 bits per heavy atom. The van der Waals surface area contributed by atoms with E-state index in [1.54, 1.807) is 0 Å². The van der Waals surface area contributed by atoms with Crippen molar-refractivity contribution in [1.82, 2.24) is 5.32 Å². The molecule has 2 aliphatic rings. The molecule has 1 aromatic rings. The second-order valence-electron chi connectivity index (χ2n) is 5.26. The molecule has 0 bridgehead atoms. The van der Waals surface area contributed by atoms with Crippen LogP contribution in [0.3, 0.4) is 0 Å². The number of benzene rings is 1. The smallest absolute Gasteiger partial charge is 0.229 e. The van der Waals surface area contributed by atoms with E-state index in [1.807, 2.05) is 24.3 Å². The number of amides is 1. The van der Waals surface area contributed by atoms with Gasteiger partial charge in [0.1, 0.15) is 0 Å². The van der Waals surface area contributed by atoms with Crippen molar-refractivity contribution >= 4 is 11.6 Å². The van der Waals surface area contributed by atoms with E-state index in [0.29, 0.717) is 19.0 Å². The molecular formula is C14H18N2O2. The van der Waals surface area contributed by atoms with E-state index in [0.717, 1.165) is 24.1 Å². The van der Waals surface area contributed by atoms with Crippen molar-refractivity contribution in [3.05, 3.63) is 29.8 Å². The van der Waals surface area contributed by atoms with Crippen LogP contribution in [0.2, 0.25) is 0 Å². The van der Waals surface area contributed by atoms with Gasteiger partial charge in [-0.05, 0) is 30.4 Å². The van der Waals surface area contributed by atoms with Crippen molar-refractivity contribution in [2.24, 2.45) is 5.92 Å². The number of aliphatic hydroxyl groups excluding tert-OH is 1. The molecule has 1 atom stereocenters. The SMILES string of the molecule is O=C(NCC1CC(O)C1)C1CNc2ccccc21. The first-order chi connectivity index (χ1) is 8.74. The van der Waals surface area contributed by atoms with Gasteiger partial charge in [-0.25, -0.2) is 0 Å². The van der Waals surface area contributed by atoms with Crippen molar-refractivity contribution in [3.63, 3.8) is 0 Å². The molecule has 18 heavy (non-hydrogen) atoms. The fourth-order valence-corrected chi connectivity index (χ4v) is 2.75. The number of carbonyl (C=O) groups excluding carboxylic acids is 1. The normalized spacial score (nSPS) is 29.1. The van der Waals surface area contributed by atoms with Crippen LogP contribution in [0.4, 0.5) is 5.69 Å². The maximum atomic E-state index is 12.1. The Morgan fingerprint density at radius 1 is 1.39 bits per heavy atom. The highest BCUT2D eigenvalue weighted by atomic mass is 16.3. The first-order valence-electron chi connectivity index (χ1n) is 6.52. The number of aliphatic hydroxyl groups is 1. The monoisotopic (exact) mass is 246 g/mol. The summed E-state index contributed by atoms with van der Waals surface area (Å²) in [5, 5.41) is 15.5. The average molecular weight is 246 g/mol. The van der Waals surface area contributed by atoms with Gasteiger partial charge in [-0.3, -0.25) is 4.79 Å². The van der Waals surface area contributed by atoms with E-state index < -0.39 is 0 Å². The highest BCUT2D eigenvalue weighted by molar-refractivity contribution is 5.88. The molecule has 0 aromatic heterocycles. The minimum atomic E-state index is -0.152. The largest absolute Gasteiger partial charge is 0.393 e. The number of carbonyl (C=O) groups is 1. The Morgan fingerprint density at radius 3 is 2.94 bits per heavy atom. The molecule has 1 heterocycles. The van der Waals surface area contributed by atoms with Gasteiger partial charge in [-0.2, -0.15) is 0 Å². The quantitative estimate of drug-likeness (QED) is 0.748. The van der Waals surface area contributed by atoms with Crippen molar-refractivity contribution in [1.29, 1.82) is 0 Å². The number of anilines is 1. The Labute approximate surface area is 106 Å². The number of rotatable bonds is 3.